The van der Waals surface area contributed by atoms with Gasteiger partial charge in [0.15, 0.2) is 34.9 Å². The van der Waals surface area contributed by atoms with Crippen LogP contribution in [0.2, 0.25) is 0 Å². The number of aromatic nitrogens is 6. The van der Waals surface area contributed by atoms with E-state index in [1.807, 2.05) is 102 Å². The van der Waals surface area contributed by atoms with E-state index in [1.165, 1.54) is 124 Å². The standard InChI is InChI=1S/2C56H35N3S/c1-4-14-36(15-5-1)53-57-54(37-16-6-2-7-17-37)59-55(58-53)42-27-26-38-32-39(24-25-40(38)33-42)41-28-30-51-47(34-41)48-35-44(29-31-52(48)60-51)56(43-18-8-3-9-19-43)49-22-12-10-20-45(49)46-21-11-13-23-50(46)56;1-3-15-37(16-4-1)53-57-54(59-55(58-53)42-27-26-36-14-7-8-17-38(36)32-42)41-19-13-18-39(33-41)40-28-30-51-47(34-40)48-35-44(29-31-52(48)60-51)56(43-20-5-2-6-21-43)49-24-11-9-22-45(49)46-23-10-12-25-50(46)56/h2*1-35H. The van der Waals surface area contributed by atoms with Crippen LogP contribution in [0.15, 0.2) is 425 Å². The van der Waals surface area contributed by atoms with Crippen LogP contribution in [0.25, 0.3) is 175 Å². The van der Waals surface area contributed by atoms with Gasteiger partial charge >= 0.3 is 0 Å². The number of rotatable bonds is 12. The molecule has 6 nitrogen and oxygen atoms in total. The molecule has 0 saturated heterocycles. The van der Waals surface area contributed by atoms with Gasteiger partial charge in [-0.2, -0.15) is 0 Å². The number of nitrogens with zero attached hydrogens (tertiary/aromatic N) is 6. The second-order valence-electron chi connectivity index (χ2n) is 31.1. The van der Waals surface area contributed by atoms with Crippen LogP contribution in [0.5, 0.6) is 0 Å². The number of hydrogen-bond acceptors (Lipinski definition) is 8. The normalized spacial score (nSPS) is 12.8. The molecule has 560 valence electrons. The third kappa shape index (κ3) is 11.8. The molecule has 0 unspecified atom stereocenters. The summed E-state index contributed by atoms with van der Waals surface area (Å²) in [7, 11) is 0. The zero-order valence-electron chi connectivity index (χ0n) is 64.9. The summed E-state index contributed by atoms with van der Waals surface area (Å²) in [5.74, 6) is 3.91. The van der Waals surface area contributed by atoms with Crippen molar-refractivity contribution in [3.05, 3.63) is 469 Å². The van der Waals surface area contributed by atoms with Crippen molar-refractivity contribution < 1.29 is 0 Å². The van der Waals surface area contributed by atoms with Crippen LogP contribution in [0.1, 0.15) is 44.5 Å². The lowest BCUT2D eigenvalue weighted by Crippen LogP contribution is -2.28. The van der Waals surface area contributed by atoms with E-state index in [0.717, 1.165) is 60.7 Å². The maximum absolute atomic E-state index is 5.11. The van der Waals surface area contributed by atoms with E-state index in [1.54, 1.807) is 0 Å². The number of benzene rings is 18. The SMILES string of the molecule is c1ccc(-c2nc(-c3cccc(-c4ccc5sc6ccc(C7(c8ccccc8)c8ccccc8-c8ccccc87)cc6c5c4)c3)nc(-c3ccc4ccccc4c3)n2)cc1.c1ccc(-c2nc(-c3ccccc3)nc(-c3ccc4cc(-c5ccc6sc7ccc(C8(c9ccccc9)c9ccccc9-c9ccccc98)cc7c6c5)ccc4c3)n2)cc1. The summed E-state index contributed by atoms with van der Waals surface area (Å²) in [5, 5.41) is 9.73. The molecule has 0 spiro atoms. The highest BCUT2D eigenvalue weighted by Gasteiger charge is 2.48. The summed E-state index contributed by atoms with van der Waals surface area (Å²) in [5.41, 5.74) is 25.1. The predicted octanol–water partition coefficient (Wildman–Crippen LogP) is 28.8. The first-order valence-corrected chi connectivity index (χ1v) is 42.3. The first-order chi connectivity index (χ1) is 59.4. The largest absolute Gasteiger partial charge is 0.208 e. The average molecular weight is 1560 g/mol. The van der Waals surface area contributed by atoms with Gasteiger partial charge in [0.05, 0.1) is 10.8 Å². The highest BCUT2D eigenvalue weighted by molar-refractivity contribution is 7.26. The summed E-state index contributed by atoms with van der Waals surface area (Å²) in [4.78, 5) is 30.0. The van der Waals surface area contributed by atoms with Crippen molar-refractivity contribution >= 4 is 84.6 Å². The molecule has 120 heavy (non-hydrogen) atoms. The third-order valence-electron chi connectivity index (χ3n) is 24.4. The Bertz CT molecular complexity index is 7650. The highest BCUT2D eigenvalue weighted by atomic mass is 32.1. The van der Waals surface area contributed by atoms with Gasteiger partial charge in [-0.15, -0.1) is 22.7 Å². The lowest BCUT2D eigenvalue weighted by Gasteiger charge is -2.34. The topological polar surface area (TPSA) is 77.3 Å². The summed E-state index contributed by atoms with van der Waals surface area (Å²) in [6.45, 7) is 0. The van der Waals surface area contributed by atoms with Crippen LogP contribution >= 0.6 is 22.7 Å². The van der Waals surface area contributed by atoms with E-state index in [9.17, 15) is 0 Å². The maximum Gasteiger partial charge on any atom is 0.164 e. The molecule has 18 aromatic carbocycles. The molecule has 4 aromatic heterocycles. The number of fused-ring (bicyclic) bond motifs is 14. The molecule has 24 rings (SSSR count). The first kappa shape index (κ1) is 70.4. The molecule has 0 N–H and O–H groups in total. The molecule has 0 amide bonds. The summed E-state index contributed by atoms with van der Waals surface area (Å²) in [6.07, 6.45) is 0. The van der Waals surface area contributed by atoms with E-state index in [-0.39, 0.29) is 0 Å². The molecule has 0 fully saturated rings. The molecule has 4 heterocycles. The van der Waals surface area contributed by atoms with Crippen LogP contribution in [-0.4, -0.2) is 29.9 Å². The van der Waals surface area contributed by atoms with Crippen molar-refractivity contribution in [2.45, 2.75) is 10.8 Å². The van der Waals surface area contributed by atoms with Gasteiger partial charge in [-0.3, -0.25) is 0 Å². The van der Waals surface area contributed by atoms with Crippen LogP contribution in [0.3, 0.4) is 0 Å². The fourth-order valence-electron chi connectivity index (χ4n) is 18.8. The Morgan fingerprint density at radius 1 is 0.158 bits per heavy atom. The van der Waals surface area contributed by atoms with E-state index in [0.29, 0.717) is 34.9 Å². The van der Waals surface area contributed by atoms with Gasteiger partial charge in [0.1, 0.15) is 0 Å². The Morgan fingerprint density at radius 2 is 0.417 bits per heavy atom. The first-order valence-electron chi connectivity index (χ1n) is 40.7. The summed E-state index contributed by atoms with van der Waals surface area (Å²) >= 11 is 3.72. The van der Waals surface area contributed by atoms with Gasteiger partial charge in [-0.25, -0.2) is 29.9 Å². The minimum Gasteiger partial charge on any atom is -0.208 e. The van der Waals surface area contributed by atoms with Crippen molar-refractivity contribution in [2.75, 3.05) is 0 Å². The zero-order chi connectivity index (χ0) is 79.2. The van der Waals surface area contributed by atoms with E-state index < -0.39 is 10.8 Å². The smallest absolute Gasteiger partial charge is 0.164 e. The number of hydrogen-bond donors (Lipinski definition) is 0. The molecule has 0 radical (unpaired) electrons. The van der Waals surface area contributed by atoms with Crippen molar-refractivity contribution in [3.8, 4) is 113 Å². The van der Waals surface area contributed by atoms with Gasteiger partial charge in [0, 0.05) is 73.7 Å². The molecule has 22 aromatic rings. The highest BCUT2D eigenvalue weighted by Crippen LogP contribution is 2.59. The van der Waals surface area contributed by atoms with Gasteiger partial charge in [-0.05, 0) is 183 Å². The Balaban J connectivity index is 0.000000140. The van der Waals surface area contributed by atoms with Crippen LogP contribution in [-0.2, 0) is 10.8 Å². The molecule has 0 saturated carbocycles. The van der Waals surface area contributed by atoms with Gasteiger partial charge in [-0.1, -0.05) is 352 Å². The Kier molecular flexibility index (Phi) is 17.0. The van der Waals surface area contributed by atoms with Gasteiger partial charge in [0.25, 0.3) is 0 Å². The van der Waals surface area contributed by atoms with Crippen molar-refractivity contribution in [2.24, 2.45) is 0 Å². The fraction of sp³-hybridized carbons (Fsp3) is 0.0179. The molecule has 2 aliphatic rings. The average Bonchev–Trinajstić information content (AvgIpc) is 1.54. The minimum absolute atomic E-state index is 0.431. The van der Waals surface area contributed by atoms with Crippen molar-refractivity contribution in [3.63, 3.8) is 0 Å². The summed E-state index contributed by atoms with van der Waals surface area (Å²) < 4.78 is 5.14. The van der Waals surface area contributed by atoms with Crippen molar-refractivity contribution in [1.82, 2.24) is 29.9 Å². The second-order valence-corrected chi connectivity index (χ2v) is 33.3. The van der Waals surface area contributed by atoms with Gasteiger partial charge < -0.3 is 0 Å². The molecule has 2 aliphatic carbocycles. The maximum atomic E-state index is 5.11. The lowest BCUT2D eigenvalue weighted by atomic mass is 9.67. The fourth-order valence-corrected chi connectivity index (χ4v) is 21.0. The molecule has 8 heteroatoms. The van der Waals surface area contributed by atoms with E-state index in [4.69, 9.17) is 29.9 Å². The Hall–Kier alpha value is -15.1. The Morgan fingerprint density at radius 3 is 0.825 bits per heavy atom. The van der Waals surface area contributed by atoms with Crippen molar-refractivity contribution in [1.29, 1.82) is 0 Å². The third-order valence-corrected chi connectivity index (χ3v) is 26.7. The van der Waals surface area contributed by atoms with E-state index >= 15 is 0 Å². The molecule has 0 atom stereocenters. The second kappa shape index (κ2) is 29.0. The predicted molar refractivity (Wildman–Crippen MR) is 499 cm³/mol. The van der Waals surface area contributed by atoms with Gasteiger partial charge in [0.2, 0.25) is 0 Å². The minimum atomic E-state index is -0.447. The quantitative estimate of drug-likeness (QED) is 0.121. The van der Waals surface area contributed by atoms with Crippen LogP contribution in [0, 0.1) is 0 Å². The molecule has 0 bridgehead atoms. The van der Waals surface area contributed by atoms with E-state index in [2.05, 4.69) is 346 Å². The zero-order valence-corrected chi connectivity index (χ0v) is 66.5. The molecule has 0 aliphatic heterocycles. The number of thiophene rings is 2. The van der Waals surface area contributed by atoms with Crippen LogP contribution in [0.4, 0.5) is 0 Å². The summed E-state index contributed by atoms with van der Waals surface area (Å²) in [6, 6.07) is 153. The lowest BCUT2D eigenvalue weighted by molar-refractivity contribution is 0.770. The Labute approximate surface area is 702 Å². The monoisotopic (exact) mass is 1560 g/mol. The molecular weight excluding hydrogens is 1490 g/mol. The van der Waals surface area contributed by atoms with Crippen LogP contribution < -0.4 is 0 Å². The molecular formula is C112H70N6S2.